The molecule has 0 radical (unpaired) electrons. The van der Waals surface area contributed by atoms with E-state index < -0.39 is 5.41 Å². The van der Waals surface area contributed by atoms with Crippen LogP contribution >= 0.6 is 0 Å². The van der Waals surface area contributed by atoms with Crippen LogP contribution in [-0.2, 0) is 4.74 Å². The van der Waals surface area contributed by atoms with Crippen molar-refractivity contribution in [3.8, 4) is 0 Å². The Labute approximate surface area is 59.1 Å². The molecule has 4 heteroatoms. The van der Waals surface area contributed by atoms with Gasteiger partial charge in [0.1, 0.15) is 0 Å². The molecule has 0 aliphatic carbocycles. The van der Waals surface area contributed by atoms with Gasteiger partial charge in [0.2, 0.25) is 0 Å². The predicted molar refractivity (Wildman–Crippen MR) is 33.4 cm³/mol. The van der Waals surface area contributed by atoms with E-state index in [1.165, 1.54) is 0 Å². The Morgan fingerprint density at radius 1 is 1.20 bits per heavy atom. The van der Waals surface area contributed by atoms with E-state index in [2.05, 4.69) is 0 Å². The molecule has 0 saturated carbocycles. The van der Waals surface area contributed by atoms with Gasteiger partial charge in [-0.1, -0.05) is 0 Å². The quantitative estimate of drug-likeness (QED) is 0.417. The molecule has 1 aliphatic rings. The zero-order chi connectivity index (χ0) is 7.61. The lowest BCUT2D eigenvalue weighted by Crippen LogP contribution is -2.39. The summed E-state index contributed by atoms with van der Waals surface area (Å²) in [6.45, 7) is -0.165. The first-order valence-corrected chi connectivity index (χ1v) is 3.23. The highest BCUT2D eigenvalue weighted by molar-refractivity contribution is 4.92. The Kier molecular flexibility index (Phi) is 2.25. The van der Waals surface area contributed by atoms with Gasteiger partial charge in [0.05, 0.1) is 37.9 Å². The van der Waals surface area contributed by atoms with Crippen LogP contribution < -0.4 is 0 Å². The molecule has 1 rings (SSSR count). The van der Waals surface area contributed by atoms with Gasteiger partial charge in [0.15, 0.2) is 0 Å². The normalized spacial score (nSPS) is 24.9. The third-order valence-electron chi connectivity index (χ3n) is 1.96. The van der Waals surface area contributed by atoms with Crippen molar-refractivity contribution in [2.24, 2.45) is 5.41 Å². The van der Waals surface area contributed by atoms with E-state index in [0.29, 0.717) is 6.61 Å². The first-order valence-electron chi connectivity index (χ1n) is 3.23. The van der Waals surface area contributed by atoms with Gasteiger partial charge in [-0.05, 0) is 0 Å². The highest BCUT2D eigenvalue weighted by Gasteiger charge is 2.45. The Morgan fingerprint density at radius 2 is 1.60 bits per heavy atom. The van der Waals surface area contributed by atoms with Gasteiger partial charge in [0.25, 0.3) is 0 Å². The van der Waals surface area contributed by atoms with E-state index in [0.717, 1.165) is 0 Å². The van der Waals surface area contributed by atoms with Crippen molar-refractivity contribution in [3.63, 3.8) is 0 Å². The maximum absolute atomic E-state index is 8.79. The maximum Gasteiger partial charge on any atom is 0.0932 e. The smallest absolute Gasteiger partial charge is 0.0932 e. The summed E-state index contributed by atoms with van der Waals surface area (Å²) in [5.74, 6) is 0. The zero-order valence-electron chi connectivity index (χ0n) is 5.66. The molecule has 1 saturated heterocycles. The highest BCUT2D eigenvalue weighted by Crippen LogP contribution is 2.31. The monoisotopic (exact) mass is 148 g/mol. The summed E-state index contributed by atoms with van der Waals surface area (Å²) < 4.78 is 4.87. The third-order valence-corrected chi connectivity index (χ3v) is 1.96. The molecule has 0 amide bonds. The van der Waals surface area contributed by atoms with E-state index in [1.807, 2.05) is 0 Å². The first kappa shape index (κ1) is 7.94. The van der Waals surface area contributed by atoms with Crippen LogP contribution in [0.4, 0.5) is 0 Å². The van der Waals surface area contributed by atoms with E-state index in [1.54, 1.807) is 0 Å². The number of aliphatic hydroxyl groups excluding tert-OH is 3. The molecule has 10 heavy (non-hydrogen) atoms. The van der Waals surface area contributed by atoms with Crippen LogP contribution in [-0.4, -0.2) is 47.9 Å². The van der Waals surface area contributed by atoms with Gasteiger partial charge in [-0.15, -0.1) is 0 Å². The maximum atomic E-state index is 8.79. The molecule has 1 aliphatic heterocycles. The van der Waals surface area contributed by atoms with Crippen molar-refractivity contribution in [1.82, 2.24) is 0 Å². The summed E-state index contributed by atoms with van der Waals surface area (Å²) in [6, 6.07) is 0. The molecule has 0 bridgehead atoms. The number of ether oxygens (including phenoxy) is 1. The van der Waals surface area contributed by atoms with Gasteiger partial charge in [-0.25, -0.2) is 0 Å². The second-order valence-electron chi connectivity index (χ2n) is 2.66. The average molecular weight is 148 g/mol. The van der Waals surface area contributed by atoms with Crippen LogP contribution in [0.1, 0.15) is 0 Å². The minimum absolute atomic E-state index is 0.160. The molecule has 0 aromatic rings. The van der Waals surface area contributed by atoms with Crippen molar-refractivity contribution in [1.29, 1.82) is 0 Å². The number of hydrogen-bond donors (Lipinski definition) is 3. The predicted octanol–water partition coefficient (Wildman–Crippen LogP) is -1.65. The first-order chi connectivity index (χ1) is 4.79. The van der Waals surface area contributed by atoms with Crippen LogP contribution in [0.15, 0.2) is 0 Å². The summed E-state index contributed by atoms with van der Waals surface area (Å²) in [5.41, 5.74) is -0.819. The topological polar surface area (TPSA) is 73.2 Å². The summed E-state index contributed by atoms with van der Waals surface area (Å²) >= 11 is 0. The van der Waals surface area contributed by atoms with Crippen molar-refractivity contribution in [2.75, 3.05) is 26.4 Å². The second-order valence-corrected chi connectivity index (χ2v) is 2.66. The molecule has 1 fully saturated rings. The Balaban J connectivity index is 2.52. The van der Waals surface area contributed by atoms with Crippen LogP contribution in [0.5, 0.6) is 0 Å². The lowest BCUT2D eigenvalue weighted by molar-refractivity contribution is -0.0141. The summed E-state index contributed by atoms with van der Waals surface area (Å²) in [6.07, 6.45) is -0.160. The van der Waals surface area contributed by atoms with Gasteiger partial charge in [-0.2, -0.15) is 0 Å². The van der Waals surface area contributed by atoms with Crippen molar-refractivity contribution in [3.05, 3.63) is 0 Å². The fourth-order valence-corrected chi connectivity index (χ4v) is 0.857. The Bertz CT molecular complexity index is 98.1. The summed E-state index contributed by atoms with van der Waals surface area (Å²) in [4.78, 5) is 0. The largest absolute Gasteiger partial charge is 0.396 e. The highest BCUT2D eigenvalue weighted by atomic mass is 16.6. The van der Waals surface area contributed by atoms with Crippen LogP contribution in [0, 0.1) is 5.41 Å². The molecular weight excluding hydrogens is 136 g/mol. The van der Waals surface area contributed by atoms with Gasteiger partial charge >= 0.3 is 0 Å². The fourth-order valence-electron chi connectivity index (χ4n) is 0.857. The zero-order valence-corrected chi connectivity index (χ0v) is 5.66. The van der Waals surface area contributed by atoms with Gasteiger partial charge in [0, 0.05) is 0 Å². The molecule has 1 heterocycles. The standard InChI is InChI=1S/C6H12O4/c7-2-6(3-8,4-9)5-1-10-5/h5,7-9H,1-4H2. The van der Waals surface area contributed by atoms with Crippen molar-refractivity contribution in [2.45, 2.75) is 6.10 Å². The minimum atomic E-state index is -0.819. The van der Waals surface area contributed by atoms with E-state index in [-0.39, 0.29) is 25.9 Å². The lowest BCUT2D eigenvalue weighted by atomic mass is 9.88. The SMILES string of the molecule is OCC(CO)(CO)C1CO1. The van der Waals surface area contributed by atoms with Crippen molar-refractivity contribution < 1.29 is 20.1 Å². The average Bonchev–Trinajstić information content (AvgIpc) is 2.77. The molecule has 0 aromatic heterocycles. The number of hydrogen-bond acceptors (Lipinski definition) is 4. The third kappa shape index (κ3) is 1.15. The Hall–Kier alpha value is -0.160. The van der Waals surface area contributed by atoms with E-state index in [4.69, 9.17) is 20.1 Å². The summed E-state index contributed by atoms with van der Waals surface area (Å²) in [5, 5.41) is 26.4. The van der Waals surface area contributed by atoms with Gasteiger partial charge in [-0.3, -0.25) is 0 Å². The Morgan fingerprint density at radius 3 is 1.70 bits per heavy atom. The summed E-state index contributed by atoms with van der Waals surface area (Å²) in [7, 11) is 0. The molecule has 1 unspecified atom stereocenters. The van der Waals surface area contributed by atoms with Crippen molar-refractivity contribution >= 4 is 0 Å². The number of aliphatic hydroxyl groups is 3. The van der Waals surface area contributed by atoms with Crippen LogP contribution in [0.2, 0.25) is 0 Å². The van der Waals surface area contributed by atoms with E-state index in [9.17, 15) is 0 Å². The fraction of sp³-hybridized carbons (Fsp3) is 1.00. The molecular formula is C6H12O4. The van der Waals surface area contributed by atoms with Crippen LogP contribution in [0.3, 0.4) is 0 Å². The molecule has 4 nitrogen and oxygen atoms in total. The molecule has 0 aromatic carbocycles. The van der Waals surface area contributed by atoms with Crippen LogP contribution in [0.25, 0.3) is 0 Å². The van der Waals surface area contributed by atoms with Gasteiger partial charge < -0.3 is 20.1 Å². The molecule has 60 valence electrons. The molecule has 3 N–H and O–H groups in total. The lowest BCUT2D eigenvalue weighted by Gasteiger charge is -2.24. The minimum Gasteiger partial charge on any atom is -0.396 e. The number of epoxide rings is 1. The second kappa shape index (κ2) is 2.84. The molecule has 1 atom stereocenters. The van der Waals surface area contributed by atoms with E-state index >= 15 is 0 Å². The number of rotatable bonds is 4. The molecule has 0 spiro atoms.